The molecule has 0 heterocycles. The molecule has 3 amide bonds. The molecule has 1 rings (SSSR count). The minimum Gasteiger partial charge on any atom is -0.394 e. The molecule has 4 atom stereocenters. The minimum atomic E-state index is -1.16. The van der Waals surface area contributed by atoms with Crippen molar-refractivity contribution in [3.63, 3.8) is 0 Å². The lowest BCUT2D eigenvalue weighted by atomic mass is 10.0. The zero-order valence-electron chi connectivity index (χ0n) is 19.5. The molecule has 0 saturated heterocycles. The quantitative estimate of drug-likeness (QED) is 0.117. The Morgan fingerprint density at radius 1 is 0.750 bits per heavy atom. The number of amides is 3. The van der Waals surface area contributed by atoms with E-state index in [4.69, 9.17) is 10.2 Å². The van der Waals surface area contributed by atoms with E-state index in [0.717, 1.165) is 0 Å². The first-order valence-electron chi connectivity index (χ1n) is 10.7. The molecule has 36 heavy (non-hydrogen) atoms. The molecule has 0 saturated carbocycles. The standard InChI is InChI=1S/C21H30I3N3O9/c1-9(32)27(2)19-17(23)14(20(35)25-10(5-28)3-12(33)7-30)16(22)15(18(19)24)21(36)26-11(6-29)4-13(34)8-31/h10-13,28-31,33-34H,3-8H2,1-2H3,(H,25,35)(H,26,36). The van der Waals surface area contributed by atoms with Gasteiger partial charge in [-0.3, -0.25) is 14.4 Å². The van der Waals surface area contributed by atoms with Crippen molar-refractivity contribution in [3.8, 4) is 0 Å². The van der Waals surface area contributed by atoms with Crippen LogP contribution in [-0.4, -0.2) is 106 Å². The maximum absolute atomic E-state index is 13.3. The van der Waals surface area contributed by atoms with Crippen molar-refractivity contribution < 1.29 is 45.0 Å². The Morgan fingerprint density at radius 3 is 1.39 bits per heavy atom. The van der Waals surface area contributed by atoms with E-state index < -0.39 is 62.5 Å². The first-order valence-corrected chi connectivity index (χ1v) is 13.9. The summed E-state index contributed by atoms with van der Waals surface area (Å²) in [6.07, 6.45) is -2.56. The van der Waals surface area contributed by atoms with Crippen molar-refractivity contribution >= 4 is 91.2 Å². The normalized spacial score (nSPS) is 14.5. The van der Waals surface area contributed by atoms with Crippen LogP contribution >= 0.6 is 67.8 Å². The predicted octanol–water partition coefficient (Wildman–Crippen LogP) is -0.849. The molecule has 1 aromatic carbocycles. The third kappa shape index (κ3) is 8.82. The average molecular weight is 849 g/mol. The molecule has 0 aliphatic rings. The minimum absolute atomic E-state index is 0.0535. The van der Waals surface area contributed by atoms with Crippen LogP contribution in [0.1, 0.15) is 40.5 Å². The lowest BCUT2D eigenvalue weighted by Gasteiger charge is -2.26. The molecule has 1 aromatic rings. The zero-order chi connectivity index (χ0) is 27.7. The van der Waals surface area contributed by atoms with E-state index in [1.54, 1.807) is 0 Å². The Kier molecular flexibility index (Phi) is 14.8. The molecule has 15 heteroatoms. The lowest BCUT2D eigenvalue weighted by molar-refractivity contribution is -0.116. The van der Waals surface area contributed by atoms with Gasteiger partial charge in [0.15, 0.2) is 0 Å². The van der Waals surface area contributed by atoms with E-state index in [1.165, 1.54) is 18.9 Å². The van der Waals surface area contributed by atoms with Crippen LogP contribution in [-0.2, 0) is 4.79 Å². The molecular formula is C21H30I3N3O9. The maximum atomic E-state index is 13.3. The molecule has 0 aliphatic carbocycles. The van der Waals surface area contributed by atoms with Crippen molar-refractivity contribution in [2.24, 2.45) is 0 Å². The van der Waals surface area contributed by atoms with Crippen LogP contribution in [0.15, 0.2) is 0 Å². The van der Waals surface area contributed by atoms with E-state index in [2.05, 4.69) is 10.6 Å². The number of aliphatic hydroxyl groups excluding tert-OH is 6. The van der Waals surface area contributed by atoms with Gasteiger partial charge in [-0.15, -0.1) is 0 Å². The van der Waals surface area contributed by atoms with Gasteiger partial charge >= 0.3 is 0 Å². The summed E-state index contributed by atoms with van der Waals surface area (Å²) < 4.78 is 0.958. The van der Waals surface area contributed by atoms with E-state index >= 15 is 0 Å². The number of rotatable bonds is 13. The fourth-order valence-electron chi connectivity index (χ4n) is 3.18. The summed E-state index contributed by atoms with van der Waals surface area (Å²) in [4.78, 5) is 40.1. The Labute approximate surface area is 249 Å². The van der Waals surface area contributed by atoms with E-state index in [0.29, 0.717) is 12.8 Å². The summed E-state index contributed by atoms with van der Waals surface area (Å²) in [6.45, 7) is -0.821. The highest BCUT2D eigenvalue weighted by molar-refractivity contribution is 14.1. The third-order valence-corrected chi connectivity index (χ3v) is 8.38. The van der Waals surface area contributed by atoms with Gasteiger partial charge in [0, 0.05) is 17.5 Å². The second kappa shape index (κ2) is 15.9. The van der Waals surface area contributed by atoms with Gasteiger partial charge in [0.05, 0.1) is 74.7 Å². The highest BCUT2D eigenvalue weighted by Crippen LogP contribution is 2.37. The zero-order valence-corrected chi connectivity index (χ0v) is 26.0. The molecule has 0 spiro atoms. The van der Waals surface area contributed by atoms with Crippen molar-refractivity contribution in [2.45, 2.75) is 44.1 Å². The Bertz CT molecular complexity index is 890. The number of anilines is 1. The highest BCUT2D eigenvalue weighted by atomic mass is 127. The molecule has 0 radical (unpaired) electrons. The number of hydrogen-bond acceptors (Lipinski definition) is 9. The summed E-state index contributed by atoms with van der Waals surface area (Å²) in [6, 6.07) is -1.79. The van der Waals surface area contributed by atoms with Crippen molar-refractivity contribution in [1.29, 1.82) is 0 Å². The number of carbonyl (C=O) groups is 3. The summed E-state index contributed by atoms with van der Waals surface area (Å²) in [7, 11) is 1.49. The highest BCUT2D eigenvalue weighted by Gasteiger charge is 2.32. The number of nitrogens with one attached hydrogen (secondary N) is 2. The van der Waals surface area contributed by atoms with E-state index in [-0.39, 0.29) is 33.4 Å². The number of nitrogens with zero attached hydrogens (tertiary/aromatic N) is 1. The Morgan fingerprint density at radius 2 is 1.11 bits per heavy atom. The van der Waals surface area contributed by atoms with Gasteiger partial charge in [-0.2, -0.15) is 0 Å². The Balaban J connectivity index is 3.62. The van der Waals surface area contributed by atoms with Crippen molar-refractivity contribution in [3.05, 3.63) is 21.8 Å². The van der Waals surface area contributed by atoms with Gasteiger partial charge in [0.2, 0.25) is 5.91 Å². The number of carbonyl (C=O) groups excluding carboxylic acids is 3. The molecular weight excluding hydrogens is 819 g/mol. The second-order valence-electron chi connectivity index (χ2n) is 7.97. The van der Waals surface area contributed by atoms with Crippen LogP contribution in [0.3, 0.4) is 0 Å². The smallest absolute Gasteiger partial charge is 0.253 e. The summed E-state index contributed by atoms with van der Waals surface area (Å²) >= 11 is 5.61. The fraction of sp³-hybridized carbons (Fsp3) is 0.571. The van der Waals surface area contributed by atoms with E-state index in [1.807, 2.05) is 67.8 Å². The number of halogens is 3. The molecule has 0 aliphatic heterocycles. The summed E-state index contributed by atoms with van der Waals surface area (Å²) in [5.74, 6) is -1.71. The summed E-state index contributed by atoms with van der Waals surface area (Å²) in [5.41, 5.74) is 0.404. The maximum Gasteiger partial charge on any atom is 0.253 e. The third-order valence-electron chi connectivity index (χ3n) is 5.20. The van der Waals surface area contributed by atoms with Gasteiger partial charge in [0.25, 0.3) is 11.8 Å². The molecule has 0 aromatic heterocycles. The van der Waals surface area contributed by atoms with E-state index in [9.17, 15) is 34.8 Å². The topological polar surface area (TPSA) is 200 Å². The molecule has 0 fully saturated rings. The lowest BCUT2D eigenvalue weighted by Crippen LogP contribution is -2.43. The number of aliphatic hydroxyl groups is 6. The van der Waals surface area contributed by atoms with Gasteiger partial charge in [-0.1, -0.05) is 0 Å². The van der Waals surface area contributed by atoms with Crippen LogP contribution in [0.25, 0.3) is 0 Å². The van der Waals surface area contributed by atoms with Crippen molar-refractivity contribution in [1.82, 2.24) is 10.6 Å². The molecule has 0 bridgehead atoms. The molecule has 8 N–H and O–H groups in total. The van der Waals surface area contributed by atoms with Crippen molar-refractivity contribution in [2.75, 3.05) is 38.4 Å². The monoisotopic (exact) mass is 849 g/mol. The average Bonchev–Trinajstić information content (AvgIpc) is 2.82. The van der Waals surface area contributed by atoms with Gasteiger partial charge in [-0.05, 0) is 80.6 Å². The van der Waals surface area contributed by atoms with Crippen LogP contribution < -0.4 is 15.5 Å². The molecule has 4 unspecified atom stereocenters. The van der Waals surface area contributed by atoms with Gasteiger partial charge < -0.3 is 46.2 Å². The number of hydrogen-bond donors (Lipinski definition) is 8. The van der Waals surface area contributed by atoms with Crippen LogP contribution in [0.4, 0.5) is 5.69 Å². The molecule has 204 valence electrons. The Hall–Kier alpha value is -0.420. The SMILES string of the molecule is CC(=O)N(C)c1c(I)c(C(=O)NC(CO)CC(O)CO)c(I)c(C(=O)NC(CO)CC(O)CO)c1I. The fourth-order valence-corrected chi connectivity index (χ4v) is 8.05. The first kappa shape index (κ1) is 33.6. The van der Waals surface area contributed by atoms with Crippen LogP contribution in [0, 0.1) is 10.7 Å². The van der Waals surface area contributed by atoms with Crippen LogP contribution in [0.2, 0.25) is 0 Å². The van der Waals surface area contributed by atoms with Crippen LogP contribution in [0.5, 0.6) is 0 Å². The predicted molar refractivity (Wildman–Crippen MR) is 156 cm³/mol. The van der Waals surface area contributed by atoms with Gasteiger partial charge in [0.1, 0.15) is 0 Å². The summed E-state index contributed by atoms with van der Waals surface area (Å²) in [5, 5.41) is 62.0. The number of benzene rings is 1. The van der Waals surface area contributed by atoms with Gasteiger partial charge in [-0.25, -0.2) is 0 Å². The second-order valence-corrected chi connectivity index (χ2v) is 11.2. The molecule has 12 nitrogen and oxygen atoms in total. The first-order chi connectivity index (χ1) is 16.8. The largest absolute Gasteiger partial charge is 0.394 e.